The molecular weight excluding hydrogens is 184 g/mol. The molecule has 0 spiro atoms. The van der Waals surface area contributed by atoms with E-state index < -0.39 is 0 Å². The predicted octanol–water partition coefficient (Wildman–Crippen LogP) is 4.10. The van der Waals surface area contributed by atoms with Gasteiger partial charge in [0.15, 0.2) is 5.78 Å². The van der Waals surface area contributed by atoms with Crippen LogP contribution in [0.1, 0.15) is 61.0 Å². The molecule has 1 aromatic carbocycles. The van der Waals surface area contributed by atoms with Gasteiger partial charge < -0.3 is 0 Å². The zero-order chi connectivity index (χ0) is 11.4. The molecule has 82 valence electrons. The first-order valence-corrected chi connectivity index (χ1v) is 5.70. The molecule has 0 N–H and O–H groups in total. The molecule has 0 unspecified atom stereocenters. The second kappa shape index (κ2) is 5.11. The van der Waals surface area contributed by atoms with Gasteiger partial charge in [0.1, 0.15) is 0 Å². The largest absolute Gasteiger partial charge is 0.294 e. The fourth-order valence-corrected chi connectivity index (χ4v) is 2.05. The fourth-order valence-electron chi connectivity index (χ4n) is 2.05. The van der Waals surface area contributed by atoms with Crippen LogP contribution < -0.4 is 0 Å². The molecular formula is C14H20O. The van der Waals surface area contributed by atoms with Crippen molar-refractivity contribution in [1.82, 2.24) is 0 Å². The van der Waals surface area contributed by atoms with E-state index in [0.29, 0.717) is 12.3 Å². The number of ketones is 1. The summed E-state index contributed by atoms with van der Waals surface area (Å²) in [6, 6.07) is 6.02. The first kappa shape index (κ1) is 12.0. The SMILES string of the molecule is CCCC(=O)c1cccc(C)c1C(C)C. The van der Waals surface area contributed by atoms with Crippen molar-refractivity contribution in [3.8, 4) is 0 Å². The summed E-state index contributed by atoms with van der Waals surface area (Å²) in [6.45, 7) is 8.41. The summed E-state index contributed by atoms with van der Waals surface area (Å²) in [6.07, 6.45) is 1.58. The van der Waals surface area contributed by atoms with Crippen molar-refractivity contribution in [2.24, 2.45) is 0 Å². The third-order valence-corrected chi connectivity index (χ3v) is 2.68. The minimum atomic E-state index is 0.282. The smallest absolute Gasteiger partial charge is 0.163 e. The zero-order valence-corrected chi connectivity index (χ0v) is 10.1. The summed E-state index contributed by atoms with van der Waals surface area (Å²) >= 11 is 0. The van der Waals surface area contributed by atoms with Crippen LogP contribution in [0.4, 0.5) is 0 Å². The molecule has 0 fully saturated rings. The Morgan fingerprint density at radius 1 is 1.33 bits per heavy atom. The van der Waals surface area contributed by atoms with Crippen LogP contribution in [0.5, 0.6) is 0 Å². The number of hydrogen-bond donors (Lipinski definition) is 0. The molecule has 1 rings (SSSR count). The van der Waals surface area contributed by atoms with Crippen molar-refractivity contribution < 1.29 is 4.79 Å². The number of hydrogen-bond acceptors (Lipinski definition) is 1. The molecule has 1 aromatic rings. The van der Waals surface area contributed by atoms with E-state index in [4.69, 9.17) is 0 Å². The topological polar surface area (TPSA) is 17.1 Å². The van der Waals surface area contributed by atoms with Gasteiger partial charge in [0.25, 0.3) is 0 Å². The molecule has 0 saturated heterocycles. The second-order valence-corrected chi connectivity index (χ2v) is 4.36. The maximum Gasteiger partial charge on any atom is 0.163 e. The number of rotatable bonds is 4. The monoisotopic (exact) mass is 204 g/mol. The average Bonchev–Trinajstić information content (AvgIpc) is 2.17. The lowest BCUT2D eigenvalue weighted by Crippen LogP contribution is -2.06. The first-order valence-electron chi connectivity index (χ1n) is 5.70. The summed E-state index contributed by atoms with van der Waals surface area (Å²) in [7, 11) is 0. The van der Waals surface area contributed by atoms with Gasteiger partial charge in [-0.1, -0.05) is 39.0 Å². The van der Waals surface area contributed by atoms with Gasteiger partial charge in [0.05, 0.1) is 0 Å². The molecule has 0 aliphatic heterocycles. The Balaban J connectivity index is 3.17. The molecule has 0 radical (unpaired) electrons. The minimum absolute atomic E-state index is 0.282. The molecule has 15 heavy (non-hydrogen) atoms. The van der Waals surface area contributed by atoms with Crippen LogP contribution in [0.2, 0.25) is 0 Å². The molecule has 0 heterocycles. The van der Waals surface area contributed by atoms with Crippen LogP contribution in [0.25, 0.3) is 0 Å². The van der Waals surface area contributed by atoms with Crippen LogP contribution in [-0.4, -0.2) is 5.78 Å². The molecule has 0 amide bonds. The molecule has 0 saturated carbocycles. The molecule has 0 aliphatic carbocycles. The maximum atomic E-state index is 11.9. The van der Waals surface area contributed by atoms with Crippen molar-refractivity contribution in [2.75, 3.05) is 0 Å². The Kier molecular flexibility index (Phi) is 4.07. The van der Waals surface area contributed by atoms with Crippen LogP contribution in [0.3, 0.4) is 0 Å². The van der Waals surface area contributed by atoms with Gasteiger partial charge in [-0.2, -0.15) is 0 Å². The number of benzene rings is 1. The van der Waals surface area contributed by atoms with Crippen molar-refractivity contribution >= 4 is 5.78 Å². The van der Waals surface area contributed by atoms with E-state index in [1.165, 1.54) is 11.1 Å². The van der Waals surface area contributed by atoms with Crippen molar-refractivity contribution in [3.05, 3.63) is 34.9 Å². The summed E-state index contributed by atoms with van der Waals surface area (Å²) in [5.41, 5.74) is 3.37. The lowest BCUT2D eigenvalue weighted by Gasteiger charge is -2.14. The quantitative estimate of drug-likeness (QED) is 0.675. The molecule has 0 aliphatic rings. The van der Waals surface area contributed by atoms with Gasteiger partial charge >= 0.3 is 0 Å². The Hall–Kier alpha value is -1.11. The van der Waals surface area contributed by atoms with E-state index in [0.717, 1.165) is 12.0 Å². The molecule has 1 nitrogen and oxygen atoms in total. The Labute approximate surface area is 92.5 Å². The van der Waals surface area contributed by atoms with E-state index in [1.807, 2.05) is 19.1 Å². The van der Waals surface area contributed by atoms with Crippen LogP contribution in [0.15, 0.2) is 18.2 Å². The number of carbonyl (C=O) groups is 1. The Morgan fingerprint density at radius 2 is 2.00 bits per heavy atom. The molecule has 0 aromatic heterocycles. The van der Waals surface area contributed by atoms with Crippen molar-refractivity contribution in [1.29, 1.82) is 0 Å². The average molecular weight is 204 g/mol. The summed E-state index contributed by atoms with van der Waals surface area (Å²) in [5.74, 6) is 0.701. The third-order valence-electron chi connectivity index (χ3n) is 2.68. The van der Waals surface area contributed by atoms with Crippen molar-refractivity contribution in [2.45, 2.75) is 46.5 Å². The van der Waals surface area contributed by atoms with Gasteiger partial charge in [-0.05, 0) is 30.4 Å². The highest BCUT2D eigenvalue weighted by Gasteiger charge is 2.14. The van der Waals surface area contributed by atoms with Gasteiger partial charge in [-0.15, -0.1) is 0 Å². The minimum Gasteiger partial charge on any atom is -0.294 e. The van der Waals surface area contributed by atoms with Crippen molar-refractivity contribution in [3.63, 3.8) is 0 Å². The zero-order valence-electron chi connectivity index (χ0n) is 10.1. The Bertz CT molecular complexity index is 350. The summed E-state index contributed by atoms with van der Waals surface area (Å²) < 4.78 is 0. The third kappa shape index (κ3) is 2.68. The van der Waals surface area contributed by atoms with Crippen LogP contribution in [-0.2, 0) is 0 Å². The fraction of sp³-hybridized carbons (Fsp3) is 0.500. The van der Waals surface area contributed by atoms with Gasteiger partial charge in [-0.25, -0.2) is 0 Å². The second-order valence-electron chi connectivity index (χ2n) is 4.36. The molecule has 0 bridgehead atoms. The number of Topliss-reactive ketones (excluding diaryl/α,β-unsaturated/α-hetero) is 1. The van der Waals surface area contributed by atoms with Gasteiger partial charge in [0, 0.05) is 12.0 Å². The number of aryl methyl sites for hydroxylation is 1. The van der Waals surface area contributed by atoms with E-state index in [1.54, 1.807) is 0 Å². The highest BCUT2D eigenvalue weighted by molar-refractivity contribution is 5.97. The molecule has 0 atom stereocenters. The normalized spacial score (nSPS) is 10.7. The first-order chi connectivity index (χ1) is 7.07. The summed E-state index contributed by atoms with van der Waals surface area (Å²) in [5, 5.41) is 0. The van der Waals surface area contributed by atoms with Gasteiger partial charge in [-0.3, -0.25) is 4.79 Å². The lowest BCUT2D eigenvalue weighted by molar-refractivity contribution is 0.0980. The van der Waals surface area contributed by atoms with Gasteiger partial charge in [0.2, 0.25) is 0 Å². The predicted molar refractivity (Wildman–Crippen MR) is 64.5 cm³/mol. The molecule has 1 heteroatoms. The van der Waals surface area contributed by atoms with E-state index >= 15 is 0 Å². The van der Waals surface area contributed by atoms with E-state index in [-0.39, 0.29) is 5.78 Å². The highest BCUT2D eigenvalue weighted by Crippen LogP contribution is 2.24. The Morgan fingerprint density at radius 3 is 2.53 bits per heavy atom. The lowest BCUT2D eigenvalue weighted by atomic mass is 9.90. The van der Waals surface area contributed by atoms with E-state index in [9.17, 15) is 4.79 Å². The van der Waals surface area contributed by atoms with E-state index in [2.05, 4.69) is 26.8 Å². The maximum absolute atomic E-state index is 11.9. The number of carbonyl (C=O) groups excluding carboxylic acids is 1. The highest BCUT2D eigenvalue weighted by atomic mass is 16.1. The van der Waals surface area contributed by atoms with Crippen LogP contribution >= 0.6 is 0 Å². The standard InChI is InChI=1S/C14H20O/c1-5-7-13(15)12-9-6-8-11(4)14(12)10(2)3/h6,8-10H,5,7H2,1-4H3. The summed E-state index contributed by atoms with van der Waals surface area (Å²) in [4.78, 5) is 11.9. The van der Waals surface area contributed by atoms with Crippen LogP contribution in [0, 0.1) is 6.92 Å².